The van der Waals surface area contributed by atoms with Crippen LogP contribution in [0.1, 0.15) is 22.8 Å². The molecule has 0 aliphatic rings. The number of hydrogen-bond acceptors (Lipinski definition) is 4. The van der Waals surface area contributed by atoms with Crippen LogP contribution in [0.3, 0.4) is 0 Å². The van der Waals surface area contributed by atoms with Crippen molar-refractivity contribution in [1.29, 1.82) is 0 Å². The van der Waals surface area contributed by atoms with Gasteiger partial charge in [-0.1, -0.05) is 0 Å². The number of anilines is 2. The van der Waals surface area contributed by atoms with Crippen LogP contribution in [-0.4, -0.2) is 16.3 Å². The zero-order valence-electron chi connectivity index (χ0n) is 14.4. The summed E-state index contributed by atoms with van der Waals surface area (Å²) in [6.07, 6.45) is 0. The van der Waals surface area contributed by atoms with Crippen LogP contribution in [0, 0.1) is 5.82 Å². The first-order valence-corrected chi connectivity index (χ1v) is 8.06. The van der Waals surface area contributed by atoms with Gasteiger partial charge in [0.25, 0.3) is 5.56 Å². The molecular formula is C20H16FN3O3. The number of aromatic nitrogens is 1. The third-order valence-corrected chi connectivity index (χ3v) is 3.93. The lowest BCUT2D eigenvalue weighted by atomic mass is 10.0. The van der Waals surface area contributed by atoms with Gasteiger partial charge in [-0.2, -0.15) is 0 Å². The Bertz CT molecular complexity index is 1070. The number of carbonyl (C=O) groups is 2. The highest BCUT2D eigenvalue weighted by Gasteiger charge is 2.17. The van der Waals surface area contributed by atoms with Crippen LogP contribution in [0.2, 0.25) is 0 Å². The minimum atomic E-state index is -0.455. The largest absolute Gasteiger partial charge is 0.384 e. The maximum Gasteiger partial charge on any atom is 0.256 e. The molecule has 0 saturated heterocycles. The Morgan fingerprint density at radius 2 is 1.59 bits per heavy atom. The minimum Gasteiger partial charge on any atom is -0.384 e. The number of nitrogens with two attached hydrogens (primary N) is 1. The molecule has 0 aliphatic carbocycles. The third-order valence-electron chi connectivity index (χ3n) is 3.93. The molecule has 3 rings (SSSR count). The molecular weight excluding hydrogens is 349 g/mol. The second-order valence-corrected chi connectivity index (χ2v) is 5.87. The number of pyridine rings is 1. The molecule has 0 bridgehead atoms. The monoisotopic (exact) mass is 365 g/mol. The number of hydrogen-bond donors (Lipinski definition) is 2. The number of nitrogens with one attached hydrogen (secondary N) is 1. The number of amides is 1. The lowest BCUT2D eigenvalue weighted by Crippen LogP contribution is -2.23. The van der Waals surface area contributed by atoms with Crippen molar-refractivity contribution in [2.75, 3.05) is 11.1 Å². The van der Waals surface area contributed by atoms with E-state index in [0.29, 0.717) is 11.4 Å². The Morgan fingerprint density at radius 3 is 2.19 bits per heavy atom. The molecule has 136 valence electrons. The van der Waals surface area contributed by atoms with Gasteiger partial charge < -0.3 is 11.1 Å². The number of rotatable bonds is 4. The second-order valence-electron chi connectivity index (χ2n) is 5.87. The molecule has 3 N–H and O–H groups in total. The SMILES string of the molecule is CC(=O)Nc1ccc(-n2c(N)c(C(=O)c3ccc(F)cc3)ccc2=O)cc1. The van der Waals surface area contributed by atoms with E-state index in [0.717, 1.165) is 0 Å². The summed E-state index contributed by atoms with van der Waals surface area (Å²) in [6, 6.07) is 14.1. The molecule has 0 fully saturated rings. The molecule has 0 unspecified atom stereocenters. The fraction of sp³-hybridized carbons (Fsp3) is 0.0500. The molecule has 0 saturated carbocycles. The summed E-state index contributed by atoms with van der Waals surface area (Å²) in [4.78, 5) is 36.1. The van der Waals surface area contributed by atoms with Gasteiger partial charge in [0.05, 0.1) is 11.3 Å². The van der Waals surface area contributed by atoms with Crippen molar-refractivity contribution in [3.05, 3.63) is 88.0 Å². The Hall–Kier alpha value is -3.74. The van der Waals surface area contributed by atoms with Crippen molar-refractivity contribution in [2.45, 2.75) is 6.92 Å². The highest BCUT2D eigenvalue weighted by molar-refractivity contribution is 6.11. The summed E-state index contributed by atoms with van der Waals surface area (Å²) >= 11 is 0. The Kier molecular flexibility index (Phi) is 4.85. The molecule has 3 aromatic rings. The first-order chi connectivity index (χ1) is 12.9. The van der Waals surface area contributed by atoms with E-state index in [1.165, 1.54) is 47.9 Å². The molecule has 1 aromatic heterocycles. The Balaban J connectivity index is 2.03. The summed E-state index contributed by atoms with van der Waals surface area (Å²) in [6.45, 7) is 1.39. The van der Waals surface area contributed by atoms with Gasteiger partial charge in [0, 0.05) is 24.2 Å². The molecule has 6 nitrogen and oxygen atoms in total. The van der Waals surface area contributed by atoms with Gasteiger partial charge in [-0.3, -0.25) is 19.0 Å². The molecule has 27 heavy (non-hydrogen) atoms. The van der Waals surface area contributed by atoms with Gasteiger partial charge in [0.1, 0.15) is 11.6 Å². The highest BCUT2D eigenvalue weighted by Crippen LogP contribution is 2.20. The Morgan fingerprint density at radius 1 is 0.963 bits per heavy atom. The maximum absolute atomic E-state index is 13.1. The molecule has 0 atom stereocenters. The molecule has 0 spiro atoms. The maximum atomic E-state index is 13.1. The van der Waals surface area contributed by atoms with Crippen LogP contribution < -0.4 is 16.6 Å². The summed E-state index contributed by atoms with van der Waals surface area (Å²) in [5, 5.41) is 2.63. The molecule has 0 radical (unpaired) electrons. The average Bonchev–Trinajstić information content (AvgIpc) is 2.63. The quantitative estimate of drug-likeness (QED) is 0.695. The summed E-state index contributed by atoms with van der Waals surface area (Å²) in [5.41, 5.74) is 7.10. The standard InChI is InChI=1S/C20H16FN3O3/c1-12(25)23-15-6-8-16(9-7-15)24-18(26)11-10-17(20(24)22)19(27)13-2-4-14(21)5-3-13/h2-11H,22H2,1H3,(H,23,25). The number of halogens is 1. The van der Waals surface area contributed by atoms with E-state index in [1.807, 2.05) is 0 Å². The van der Waals surface area contributed by atoms with Gasteiger partial charge in [-0.15, -0.1) is 0 Å². The van der Waals surface area contributed by atoms with Crippen LogP contribution in [0.4, 0.5) is 15.9 Å². The number of nitrogens with zero attached hydrogens (tertiary/aromatic N) is 1. The van der Waals surface area contributed by atoms with Gasteiger partial charge in [-0.25, -0.2) is 4.39 Å². The molecule has 1 heterocycles. The smallest absolute Gasteiger partial charge is 0.256 e. The number of nitrogen functional groups attached to an aromatic ring is 1. The van der Waals surface area contributed by atoms with E-state index >= 15 is 0 Å². The molecule has 1 amide bonds. The van der Waals surface area contributed by atoms with E-state index < -0.39 is 17.2 Å². The van der Waals surface area contributed by atoms with E-state index in [4.69, 9.17) is 5.73 Å². The summed E-state index contributed by atoms with van der Waals surface area (Å²) in [7, 11) is 0. The van der Waals surface area contributed by atoms with E-state index in [2.05, 4.69) is 5.32 Å². The van der Waals surface area contributed by atoms with Crippen molar-refractivity contribution < 1.29 is 14.0 Å². The lowest BCUT2D eigenvalue weighted by Gasteiger charge is -2.13. The lowest BCUT2D eigenvalue weighted by molar-refractivity contribution is -0.114. The fourth-order valence-electron chi connectivity index (χ4n) is 2.67. The fourth-order valence-corrected chi connectivity index (χ4v) is 2.67. The third kappa shape index (κ3) is 3.77. The zero-order chi connectivity index (χ0) is 19.6. The minimum absolute atomic E-state index is 0.0240. The topological polar surface area (TPSA) is 94.2 Å². The first-order valence-electron chi connectivity index (χ1n) is 8.06. The van der Waals surface area contributed by atoms with E-state index in [1.54, 1.807) is 24.3 Å². The molecule has 7 heteroatoms. The van der Waals surface area contributed by atoms with Crippen molar-refractivity contribution in [3.8, 4) is 5.69 Å². The van der Waals surface area contributed by atoms with Gasteiger partial charge in [0.15, 0.2) is 5.78 Å². The number of benzene rings is 2. The summed E-state index contributed by atoms with van der Waals surface area (Å²) in [5.74, 6) is -1.12. The van der Waals surface area contributed by atoms with Crippen molar-refractivity contribution in [3.63, 3.8) is 0 Å². The van der Waals surface area contributed by atoms with Crippen LogP contribution in [0.25, 0.3) is 5.69 Å². The van der Waals surface area contributed by atoms with Gasteiger partial charge in [-0.05, 0) is 54.6 Å². The van der Waals surface area contributed by atoms with Crippen molar-refractivity contribution in [2.24, 2.45) is 0 Å². The summed E-state index contributed by atoms with van der Waals surface area (Å²) < 4.78 is 14.3. The number of ketones is 1. The van der Waals surface area contributed by atoms with Gasteiger partial charge in [0.2, 0.25) is 5.91 Å². The van der Waals surface area contributed by atoms with Crippen LogP contribution in [-0.2, 0) is 4.79 Å². The van der Waals surface area contributed by atoms with Crippen molar-refractivity contribution >= 4 is 23.2 Å². The highest BCUT2D eigenvalue weighted by atomic mass is 19.1. The predicted molar refractivity (Wildman–Crippen MR) is 101 cm³/mol. The van der Waals surface area contributed by atoms with Crippen LogP contribution in [0.15, 0.2) is 65.5 Å². The zero-order valence-corrected chi connectivity index (χ0v) is 14.4. The van der Waals surface area contributed by atoms with E-state index in [9.17, 15) is 18.8 Å². The van der Waals surface area contributed by atoms with Crippen LogP contribution in [0.5, 0.6) is 0 Å². The Labute approximate surface area is 154 Å². The predicted octanol–water partition coefficient (Wildman–Crippen LogP) is 2.75. The molecule has 0 aliphatic heterocycles. The van der Waals surface area contributed by atoms with Crippen LogP contribution >= 0.6 is 0 Å². The first kappa shape index (κ1) is 18.1. The molecule has 2 aromatic carbocycles. The van der Waals surface area contributed by atoms with Crippen molar-refractivity contribution in [1.82, 2.24) is 4.57 Å². The number of carbonyl (C=O) groups excluding carboxylic acids is 2. The second kappa shape index (κ2) is 7.25. The van der Waals surface area contributed by atoms with Gasteiger partial charge >= 0.3 is 0 Å². The van der Waals surface area contributed by atoms with E-state index in [-0.39, 0.29) is 22.9 Å². The average molecular weight is 365 g/mol. The normalized spacial score (nSPS) is 10.4.